The smallest absolute Gasteiger partial charge is 0.357 e. The van der Waals surface area contributed by atoms with Crippen LogP contribution in [0, 0.1) is 5.92 Å². The molecule has 20 heavy (non-hydrogen) atoms. The Balaban J connectivity index is 2.30. The van der Waals surface area contributed by atoms with Crippen LogP contribution < -0.4 is 16.2 Å². The quantitative estimate of drug-likeness (QED) is 0.649. The third kappa shape index (κ3) is 3.53. The number of hydrogen-bond acceptors (Lipinski definition) is 4. The van der Waals surface area contributed by atoms with Crippen molar-refractivity contribution in [3.8, 4) is 0 Å². The van der Waals surface area contributed by atoms with Gasteiger partial charge in [0, 0.05) is 13.1 Å². The SMILES string of the molecule is CC1CCCN(c2cc(C(F)(F)F)cc(NN)n2)CC1. The number of hydrogen-bond donors (Lipinski definition) is 2. The first kappa shape index (κ1) is 14.9. The van der Waals surface area contributed by atoms with E-state index in [0.717, 1.165) is 44.5 Å². The monoisotopic (exact) mass is 288 g/mol. The fourth-order valence-corrected chi connectivity index (χ4v) is 2.41. The molecule has 1 atom stereocenters. The van der Waals surface area contributed by atoms with Crippen molar-refractivity contribution in [1.82, 2.24) is 4.98 Å². The first-order chi connectivity index (χ1) is 9.40. The molecule has 4 nitrogen and oxygen atoms in total. The molecule has 3 N–H and O–H groups in total. The van der Waals surface area contributed by atoms with Crippen molar-refractivity contribution >= 4 is 11.6 Å². The predicted molar refractivity (Wildman–Crippen MR) is 72.3 cm³/mol. The molecule has 1 aliphatic rings. The van der Waals surface area contributed by atoms with E-state index in [9.17, 15) is 13.2 Å². The highest BCUT2D eigenvalue weighted by Crippen LogP contribution is 2.33. The van der Waals surface area contributed by atoms with Gasteiger partial charge in [-0.15, -0.1) is 0 Å². The number of anilines is 2. The van der Waals surface area contributed by atoms with Crippen LogP contribution in [0.25, 0.3) is 0 Å². The van der Waals surface area contributed by atoms with Gasteiger partial charge in [-0.3, -0.25) is 0 Å². The Labute approximate surface area is 116 Å². The number of nitrogen functional groups attached to an aromatic ring is 1. The van der Waals surface area contributed by atoms with E-state index in [1.165, 1.54) is 0 Å². The van der Waals surface area contributed by atoms with Crippen LogP contribution in [0.3, 0.4) is 0 Å². The molecule has 1 saturated heterocycles. The van der Waals surface area contributed by atoms with Crippen LogP contribution in [0.2, 0.25) is 0 Å². The molecule has 0 amide bonds. The van der Waals surface area contributed by atoms with Gasteiger partial charge in [-0.1, -0.05) is 6.92 Å². The Morgan fingerprint density at radius 2 is 2.05 bits per heavy atom. The molecule has 1 aliphatic heterocycles. The van der Waals surface area contributed by atoms with Crippen molar-refractivity contribution in [2.24, 2.45) is 11.8 Å². The van der Waals surface area contributed by atoms with Crippen molar-refractivity contribution in [2.45, 2.75) is 32.4 Å². The van der Waals surface area contributed by atoms with Gasteiger partial charge in [0.25, 0.3) is 0 Å². The highest BCUT2D eigenvalue weighted by Gasteiger charge is 2.32. The molecular formula is C13H19F3N4. The molecule has 2 heterocycles. The first-order valence-electron chi connectivity index (χ1n) is 6.71. The Bertz CT molecular complexity index is 461. The van der Waals surface area contributed by atoms with E-state index >= 15 is 0 Å². The predicted octanol–water partition coefficient (Wildman–Crippen LogP) is 3.01. The van der Waals surface area contributed by atoms with Gasteiger partial charge in [-0.05, 0) is 37.3 Å². The Morgan fingerprint density at radius 1 is 1.30 bits per heavy atom. The lowest BCUT2D eigenvalue weighted by Gasteiger charge is -2.23. The summed E-state index contributed by atoms with van der Waals surface area (Å²) in [6, 6.07) is 2.01. The standard InChI is InChI=1S/C13H19F3N4/c1-9-3-2-5-20(6-4-9)12-8-10(13(14,15)16)7-11(18-12)19-17/h7-9H,2-6,17H2,1H3,(H,18,19). The zero-order valence-corrected chi connectivity index (χ0v) is 11.4. The van der Waals surface area contributed by atoms with Gasteiger partial charge in [0.05, 0.1) is 5.56 Å². The third-order valence-corrected chi connectivity index (χ3v) is 3.63. The summed E-state index contributed by atoms with van der Waals surface area (Å²) in [7, 11) is 0. The molecule has 1 aromatic rings. The number of nitrogens with one attached hydrogen (secondary N) is 1. The average molecular weight is 288 g/mol. The fourth-order valence-electron chi connectivity index (χ4n) is 2.41. The van der Waals surface area contributed by atoms with Gasteiger partial charge >= 0.3 is 6.18 Å². The second-order valence-electron chi connectivity index (χ2n) is 5.26. The average Bonchev–Trinajstić information content (AvgIpc) is 2.62. The first-order valence-corrected chi connectivity index (χ1v) is 6.71. The lowest BCUT2D eigenvalue weighted by atomic mass is 10.0. The summed E-state index contributed by atoms with van der Waals surface area (Å²) in [4.78, 5) is 6.05. The highest BCUT2D eigenvalue weighted by molar-refractivity contribution is 5.51. The number of alkyl halides is 3. The molecule has 2 rings (SSSR count). The Morgan fingerprint density at radius 3 is 2.70 bits per heavy atom. The summed E-state index contributed by atoms with van der Waals surface area (Å²) >= 11 is 0. The highest BCUT2D eigenvalue weighted by atomic mass is 19.4. The van der Waals surface area contributed by atoms with E-state index in [-0.39, 0.29) is 5.82 Å². The molecule has 0 aliphatic carbocycles. The number of pyridine rings is 1. The van der Waals surface area contributed by atoms with E-state index in [1.54, 1.807) is 0 Å². The summed E-state index contributed by atoms with van der Waals surface area (Å²) in [5.74, 6) is 6.18. The van der Waals surface area contributed by atoms with Crippen molar-refractivity contribution in [1.29, 1.82) is 0 Å². The van der Waals surface area contributed by atoms with Crippen molar-refractivity contribution < 1.29 is 13.2 Å². The van der Waals surface area contributed by atoms with E-state index in [4.69, 9.17) is 5.84 Å². The van der Waals surface area contributed by atoms with Gasteiger partial charge < -0.3 is 10.3 Å². The molecule has 112 valence electrons. The van der Waals surface area contributed by atoms with Crippen molar-refractivity contribution in [2.75, 3.05) is 23.4 Å². The van der Waals surface area contributed by atoms with E-state index in [2.05, 4.69) is 17.3 Å². The maximum atomic E-state index is 12.9. The van der Waals surface area contributed by atoms with Gasteiger partial charge in [-0.25, -0.2) is 10.8 Å². The number of rotatable bonds is 2. The van der Waals surface area contributed by atoms with Gasteiger partial charge in [0.1, 0.15) is 11.6 Å². The summed E-state index contributed by atoms with van der Waals surface area (Å²) in [5.41, 5.74) is 1.48. The van der Waals surface area contributed by atoms with Crippen LogP contribution in [0.1, 0.15) is 31.7 Å². The van der Waals surface area contributed by atoms with Gasteiger partial charge in [0.15, 0.2) is 0 Å². The van der Waals surface area contributed by atoms with E-state index < -0.39 is 11.7 Å². The number of nitrogens with zero attached hydrogens (tertiary/aromatic N) is 2. The summed E-state index contributed by atoms with van der Waals surface area (Å²) in [6.45, 7) is 3.61. The lowest BCUT2D eigenvalue weighted by Crippen LogP contribution is -2.26. The molecule has 0 bridgehead atoms. The zero-order chi connectivity index (χ0) is 14.8. The Hall–Kier alpha value is -1.50. The number of aromatic nitrogens is 1. The molecule has 0 saturated carbocycles. The summed E-state index contributed by atoms with van der Waals surface area (Å²) in [6.07, 6.45) is -1.38. The van der Waals surface area contributed by atoms with Crippen LogP contribution in [-0.4, -0.2) is 18.1 Å². The van der Waals surface area contributed by atoms with E-state index in [1.807, 2.05) is 4.90 Å². The zero-order valence-electron chi connectivity index (χ0n) is 11.4. The van der Waals surface area contributed by atoms with Crippen LogP contribution in [0.5, 0.6) is 0 Å². The second-order valence-corrected chi connectivity index (χ2v) is 5.26. The summed E-state index contributed by atoms with van der Waals surface area (Å²) in [5, 5.41) is 0. The molecule has 0 aromatic carbocycles. The van der Waals surface area contributed by atoms with Gasteiger partial charge in [-0.2, -0.15) is 13.2 Å². The third-order valence-electron chi connectivity index (χ3n) is 3.63. The number of nitrogens with two attached hydrogens (primary N) is 1. The maximum absolute atomic E-state index is 12.9. The van der Waals surface area contributed by atoms with Crippen molar-refractivity contribution in [3.05, 3.63) is 17.7 Å². The Kier molecular flexibility index (Phi) is 4.37. The van der Waals surface area contributed by atoms with Crippen LogP contribution in [0.15, 0.2) is 12.1 Å². The van der Waals surface area contributed by atoms with Gasteiger partial charge in [0.2, 0.25) is 0 Å². The lowest BCUT2D eigenvalue weighted by molar-refractivity contribution is -0.137. The van der Waals surface area contributed by atoms with Crippen LogP contribution in [0.4, 0.5) is 24.8 Å². The summed E-state index contributed by atoms with van der Waals surface area (Å²) < 4.78 is 38.6. The molecule has 1 fully saturated rings. The molecule has 0 radical (unpaired) electrons. The van der Waals surface area contributed by atoms with Crippen LogP contribution >= 0.6 is 0 Å². The minimum absolute atomic E-state index is 0.0344. The minimum Gasteiger partial charge on any atom is -0.357 e. The molecule has 1 unspecified atom stereocenters. The molecular weight excluding hydrogens is 269 g/mol. The molecule has 1 aromatic heterocycles. The number of hydrazine groups is 1. The normalized spacial score (nSPS) is 20.6. The molecule has 7 heteroatoms. The van der Waals surface area contributed by atoms with E-state index in [0.29, 0.717) is 11.7 Å². The van der Waals surface area contributed by atoms with Crippen molar-refractivity contribution in [3.63, 3.8) is 0 Å². The largest absolute Gasteiger partial charge is 0.416 e. The topological polar surface area (TPSA) is 54.2 Å². The fraction of sp³-hybridized carbons (Fsp3) is 0.615. The maximum Gasteiger partial charge on any atom is 0.416 e. The molecule has 0 spiro atoms. The minimum atomic E-state index is -4.40. The van der Waals surface area contributed by atoms with Crippen LogP contribution in [-0.2, 0) is 6.18 Å². The number of halogens is 3. The second kappa shape index (κ2) is 5.87.